The van der Waals surface area contributed by atoms with E-state index in [0.29, 0.717) is 0 Å². The zero-order valence-corrected chi connectivity index (χ0v) is 7.51. The first kappa shape index (κ1) is 7.35. The molecule has 0 saturated heterocycles. The average molecular weight is 161 g/mol. The van der Waals surface area contributed by atoms with E-state index < -0.39 is 0 Å². The Balaban J connectivity index is 2.98. The van der Waals surface area contributed by atoms with Crippen molar-refractivity contribution < 1.29 is 4.52 Å². The second-order valence-electron chi connectivity index (χ2n) is 3.17. The van der Waals surface area contributed by atoms with Gasteiger partial charge >= 0.3 is 0 Å². The van der Waals surface area contributed by atoms with Crippen LogP contribution in [0.3, 0.4) is 0 Å². The predicted octanol–water partition coefficient (Wildman–Crippen LogP) is 2.75. The molecule has 2 aromatic rings. The summed E-state index contributed by atoms with van der Waals surface area (Å²) in [6, 6.07) is 4.16. The highest BCUT2D eigenvalue weighted by atomic mass is 16.5. The summed E-state index contributed by atoms with van der Waals surface area (Å²) < 4.78 is 5.21. The third-order valence-corrected chi connectivity index (χ3v) is 2.20. The van der Waals surface area contributed by atoms with Crippen LogP contribution in [-0.2, 0) is 0 Å². The summed E-state index contributed by atoms with van der Waals surface area (Å²) in [6.07, 6.45) is 0. The summed E-state index contributed by atoms with van der Waals surface area (Å²) in [4.78, 5) is 0. The molecule has 0 atom stereocenters. The van der Waals surface area contributed by atoms with E-state index in [1.807, 2.05) is 13.8 Å². The Labute approximate surface area is 71.2 Å². The third-order valence-electron chi connectivity index (χ3n) is 2.20. The summed E-state index contributed by atoms with van der Waals surface area (Å²) in [5, 5.41) is 5.10. The van der Waals surface area contributed by atoms with Gasteiger partial charge in [0.05, 0.1) is 5.69 Å². The summed E-state index contributed by atoms with van der Waals surface area (Å²) in [6.45, 7) is 6.08. The Hall–Kier alpha value is -1.31. The second kappa shape index (κ2) is 2.34. The van der Waals surface area contributed by atoms with Crippen LogP contribution in [0.4, 0.5) is 0 Å². The molecule has 0 saturated carbocycles. The number of nitrogens with zero attached hydrogens (tertiary/aromatic N) is 1. The molecule has 62 valence electrons. The molecule has 12 heavy (non-hydrogen) atoms. The van der Waals surface area contributed by atoms with Crippen LogP contribution in [0.1, 0.15) is 16.8 Å². The van der Waals surface area contributed by atoms with Gasteiger partial charge in [0.15, 0.2) is 5.58 Å². The van der Waals surface area contributed by atoms with E-state index in [0.717, 1.165) is 22.2 Å². The summed E-state index contributed by atoms with van der Waals surface area (Å²) in [5.41, 5.74) is 4.28. The van der Waals surface area contributed by atoms with Crippen molar-refractivity contribution in [3.05, 3.63) is 29.0 Å². The van der Waals surface area contributed by atoms with Crippen molar-refractivity contribution in [1.82, 2.24) is 5.16 Å². The molecular weight excluding hydrogens is 150 g/mol. The zero-order chi connectivity index (χ0) is 8.72. The Kier molecular flexibility index (Phi) is 1.43. The number of aryl methyl sites for hydroxylation is 3. The number of hydrogen-bond acceptors (Lipinski definition) is 2. The summed E-state index contributed by atoms with van der Waals surface area (Å²) in [7, 11) is 0. The Morgan fingerprint density at radius 2 is 1.75 bits per heavy atom. The Morgan fingerprint density at radius 1 is 1.08 bits per heavy atom. The molecule has 0 fully saturated rings. The van der Waals surface area contributed by atoms with Gasteiger partial charge in [0, 0.05) is 5.39 Å². The Bertz CT molecular complexity index is 429. The fraction of sp³-hybridized carbons (Fsp3) is 0.300. The topological polar surface area (TPSA) is 26.0 Å². The first-order valence-electron chi connectivity index (χ1n) is 4.02. The maximum Gasteiger partial charge on any atom is 0.170 e. The largest absolute Gasteiger partial charge is 0.356 e. The molecule has 2 heteroatoms. The molecular formula is C10H11NO. The average Bonchev–Trinajstić information content (AvgIpc) is 2.42. The normalized spacial score (nSPS) is 10.9. The van der Waals surface area contributed by atoms with Crippen LogP contribution >= 0.6 is 0 Å². The number of aromatic nitrogens is 1. The predicted molar refractivity (Wildman–Crippen MR) is 48.2 cm³/mol. The molecule has 0 bridgehead atoms. The van der Waals surface area contributed by atoms with Gasteiger partial charge in [0.1, 0.15) is 0 Å². The lowest BCUT2D eigenvalue weighted by Gasteiger charge is -1.96. The van der Waals surface area contributed by atoms with Crippen molar-refractivity contribution in [2.75, 3.05) is 0 Å². The van der Waals surface area contributed by atoms with Crippen LogP contribution in [0, 0.1) is 20.8 Å². The summed E-state index contributed by atoms with van der Waals surface area (Å²) in [5.74, 6) is 0. The zero-order valence-electron chi connectivity index (χ0n) is 7.51. The first-order chi connectivity index (χ1) is 5.70. The minimum Gasteiger partial charge on any atom is -0.356 e. The van der Waals surface area contributed by atoms with E-state index in [9.17, 15) is 0 Å². The molecule has 1 aromatic carbocycles. The van der Waals surface area contributed by atoms with Crippen LogP contribution in [0.5, 0.6) is 0 Å². The number of hydrogen-bond donors (Lipinski definition) is 0. The highest BCUT2D eigenvalue weighted by molar-refractivity contribution is 5.85. The van der Waals surface area contributed by atoms with E-state index in [2.05, 4.69) is 24.2 Å². The third kappa shape index (κ3) is 0.843. The standard InChI is InChI=1S/C10H11NO/c1-6-4-5-7(2)10-9(6)8(3)11-12-10/h4-5H,1-3H3. The van der Waals surface area contributed by atoms with E-state index >= 15 is 0 Å². The van der Waals surface area contributed by atoms with Crippen molar-refractivity contribution in [1.29, 1.82) is 0 Å². The molecule has 0 radical (unpaired) electrons. The van der Waals surface area contributed by atoms with Gasteiger partial charge in [0.25, 0.3) is 0 Å². The quantitative estimate of drug-likeness (QED) is 0.593. The highest BCUT2D eigenvalue weighted by Gasteiger charge is 2.08. The second-order valence-corrected chi connectivity index (χ2v) is 3.17. The van der Waals surface area contributed by atoms with Crippen LogP contribution in [0.25, 0.3) is 11.0 Å². The lowest BCUT2D eigenvalue weighted by atomic mass is 10.1. The van der Waals surface area contributed by atoms with Crippen molar-refractivity contribution in [3.63, 3.8) is 0 Å². The molecule has 0 amide bonds. The van der Waals surface area contributed by atoms with Crippen molar-refractivity contribution in [2.45, 2.75) is 20.8 Å². The van der Waals surface area contributed by atoms with Crippen LogP contribution < -0.4 is 0 Å². The van der Waals surface area contributed by atoms with E-state index in [1.54, 1.807) is 0 Å². The monoisotopic (exact) mass is 161 g/mol. The van der Waals surface area contributed by atoms with Gasteiger partial charge in [-0.25, -0.2) is 0 Å². The van der Waals surface area contributed by atoms with Crippen molar-refractivity contribution in [3.8, 4) is 0 Å². The molecule has 0 spiro atoms. The van der Waals surface area contributed by atoms with Crippen LogP contribution in [0.2, 0.25) is 0 Å². The minimum atomic E-state index is 0.924. The molecule has 0 N–H and O–H groups in total. The molecule has 0 aliphatic heterocycles. The van der Waals surface area contributed by atoms with Gasteiger partial charge in [-0.15, -0.1) is 0 Å². The van der Waals surface area contributed by atoms with Crippen molar-refractivity contribution in [2.24, 2.45) is 0 Å². The summed E-state index contributed by atoms with van der Waals surface area (Å²) >= 11 is 0. The van der Waals surface area contributed by atoms with Crippen molar-refractivity contribution >= 4 is 11.0 Å². The lowest BCUT2D eigenvalue weighted by molar-refractivity contribution is 0.449. The molecule has 0 unspecified atom stereocenters. The first-order valence-corrected chi connectivity index (χ1v) is 4.02. The van der Waals surface area contributed by atoms with Gasteiger partial charge in [0.2, 0.25) is 0 Å². The molecule has 1 heterocycles. The van der Waals surface area contributed by atoms with Gasteiger partial charge in [-0.3, -0.25) is 0 Å². The molecule has 2 nitrogen and oxygen atoms in total. The van der Waals surface area contributed by atoms with Gasteiger partial charge in [-0.1, -0.05) is 17.3 Å². The highest BCUT2D eigenvalue weighted by Crippen LogP contribution is 2.24. The van der Waals surface area contributed by atoms with Gasteiger partial charge in [-0.05, 0) is 31.9 Å². The fourth-order valence-electron chi connectivity index (χ4n) is 1.51. The lowest BCUT2D eigenvalue weighted by Crippen LogP contribution is -1.79. The fourth-order valence-corrected chi connectivity index (χ4v) is 1.51. The van der Waals surface area contributed by atoms with E-state index in [-0.39, 0.29) is 0 Å². The Morgan fingerprint density at radius 3 is 2.42 bits per heavy atom. The molecule has 2 rings (SSSR count). The van der Waals surface area contributed by atoms with E-state index in [1.165, 1.54) is 5.56 Å². The smallest absolute Gasteiger partial charge is 0.170 e. The van der Waals surface area contributed by atoms with Gasteiger partial charge < -0.3 is 4.52 Å². The SMILES string of the molecule is Cc1ccc(C)c2c(C)noc12. The maximum atomic E-state index is 5.21. The van der Waals surface area contributed by atoms with Crippen LogP contribution in [-0.4, -0.2) is 5.16 Å². The maximum absolute atomic E-state index is 5.21. The number of fused-ring (bicyclic) bond motifs is 1. The number of benzene rings is 1. The van der Waals surface area contributed by atoms with Gasteiger partial charge in [-0.2, -0.15) is 0 Å². The number of rotatable bonds is 0. The molecule has 0 aliphatic rings. The van der Waals surface area contributed by atoms with E-state index in [4.69, 9.17) is 4.52 Å². The molecule has 0 aliphatic carbocycles. The minimum absolute atomic E-state index is 0.924. The van der Waals surface area contributed by atoms with Crippen LogP contribution in [0.15, 0.2) is 16.7 Å². The molecule has 1 aromatic heterocycles.